The first-order valence-corrected chi connectivity index (χ1v) is 10.0. The van der Waals surface area contributed by atoms with Gasteiger partial charge in [-0.25, -0.2) is 13.2 Å². The molecule has 8 heteroatoms. The highest BCUT2D eigenvalue weighted by molar-refractivity contribution is 5.54. The number of alkyl halides is 2. The quantitative estimate of drug-likeness (QED) is 0.288. The number of aliphatic hydroxyl groups is 1. The fraction of sp³-hybridized carbons (Fsp3) is 0.154. The van der Waals surface area contributed by atoms with E-state index in [1.807, 2.05) is 0 Å². The SMILES string of the molecule is C/C=N\C=C(/C)C(O)(c1ccc(F)cc1F)C(F)(F)c1ccc(C#Cc2ccc(F)cc2)cn1. The number of hydrogen-bond acceptors (Lipinski definition) is 3. The lowest BCUT2D eigenvalue weighted by atomic mass is 9.79. The lowest BCUT2D eigenvalue weighted by Crippen LogP contribution is -2.45. The van der Waals surface area contributed by atoms with Gasteiger partial charge in [-0.05, 0) is 68.0 Å². The number of rotatable bonds is 5. The fourth-order valence-corrected chi connectivity index (χ4v) is 3.21. The second-order valence-electron chi connectivity index (χ2n) is 7.32. The predicted octanol–water partition coefficient (Wildman–Crippen LogP) is 5.87. The lowest BCUT2D eigenvalue weighted by molar-refractivity contribution is -0.177. The normalized spacial score (nSPS) is 13.9. The molecule has 0 aliphatic rings. The van der Waals surface area contributed by atoms with Crippen molar-refractivity contribution in [3.8, 4) is 11.8 Å². The number of nitrogens with zero attached hydrogens (tertiary/aromatic N) is 2. The Balaban J connectivity index is 2.05. The zero-order valence-corrected chi connectivity index (χ0v) is 18.2. The number of hydrogen-bond donors (Lipinski definition) is 1. The summed E-state index contributed by atoms with van der Waals surface area (Å²) in [5.74, 6) is -1.42. The molecule has 0 fully saturated rings. The summed E-state index contributed by atoms with van der Waals surface area (Å²) in [7, 11) is 0. The maximum Gasteiger partial charge on any atom is 0.325 e. The Kier molecular flexibility index (Phi) is 7.28. The van der Waals surface area contributed by atoms with E-state index in [0.717, 1.165) is 37.5 Å². The Labute approximate surface area is 193 Å². The van der Waals surface area contributed by atoms with Crippen LogP contribution in [0.1, 0.15) is 36.2 Å². The van der Waals surface area contributed by atoms with Crippen molar-refractivity contribution in [2.24, 2.45) is 4.99 Å². The van der Waals surface area contributed by atoms with Gasteiger partial charge in [-0.2, -0.15) is 8.78 Å². The van der Waals surface area contributed by atoms with Gasteiger partial charge in [0.05, 0.1) is 0 Å². The van der Waals surface area contributed by atoms with Gasteiger partial charge < -0.3 is 5.11 Å². The van der Waals surface area contributed by atoms with Crippen LogP contribution in [0.25, 0.3) is 0 Å². The summed E-state index contributed by atoms with van der Waals surface area (Å²) in [6.45, 7) is 2.69. The smallest absolute Gasteiger partial charge is 0.325 e. The van der Waals surface area contributed by atoms with Crippen molar-refractivity contribution in [2.75, 3.05) is 0 Å². The van der Waals surface area contributed by atoms with Crippen molar-refractivity contribution in [1.29, 1.82) is 0 Å². The molecule has 3 nitrogen and oxygen atoms in total. The van der Waals surface area contributed by atoms with Crippen molar-refractivity contribution in [2.45, 2.75) is 25.4 Å². The van der Waals surface area contributed by atoms with Gasteiger partial charge in [0, 0.05) is 41.4 Å². The van der Waals surface area contributed by atoms with E-state index in [4.69, 9.17) is 0 Å². The molecule has 0 spiro atoms. The molecular weight excluding hydrogens is 451 g/mol. The second kappa shape index (κ2) is 9.98. The Morgan fingerprint density at radius 2 is 1.56 bits per heavy atom. The standard InChI is InChI=1S/C26H19F5N2O/c1-3-32-15-17(2)25(34,22-12-11-21(28)14-23(22)29)26(30,31)24-13-8-19(16-33-24)5-4-18-6-9-20(27)10-7-18/h3,6-16,34H,1-2H3/b17-15+,32-3-. The Hall–Kier alpha value is -3.83. The minimum absolute atomic E-state index is 0.281. The first-order valence-electron chi connectivity index (χ1n) is 10.0. The number of pyridine rings is 1. The van der Waals surface area contributed by atoms with E-state index in [1.54, 1.807) is 0 Å². The third kappa shape index (κ3) is 4.90. The average molecular weight is 470 g/mol. The minimum Gasteiger partial charge on any atom is -0.374 e. The van der Waals surface area contributed by atoms with Gasteiger partial charge in [0.1, 0.15) is 23.1 Å². The molecule has 1 atom stereocenters. The first-order chi connectivity index (χ1) is 16.1. The van der Waals surface area contributed by atoms with Crippen LogP contribution in [0.4, 0.5) is 22.0 Å². The highest BCUT2D eigenvalue weighted by atomic mass is 19.3. The molecule has 0 aliphatic carbocycles. The number of benzene rings is 2. The minimum atomic E-state index is -4.14. The molecule has 174 valence electrons. The van der Waals surface area contributed by atoms with Crippen LogP contribution in [-0.4, -0.2) is 16.3 Å². The van der Waals surface area contributed by atoms with Gasteiger partial charge in [-0.15, -0.1) is 0 Å². The molecule has 3 aromatic rings. The maximum atomic E-state index is 15.7. The summed E-state index contributed by atoms with van der Waals surface area (Å²) >= 11 is 0. The highest BCUT2D eigenvalue weighted by Crippen LogP contribution is 2.49. The summed E-state index contributed by atoms with van der Waals surface area (Å²) in [5, 5.41) is 11.2. The van der Waals surface area contributed by atoms with Crippen molar-refractivity contribution in [3.63, 3.8) is 0 Å². The molecule has 3 rings (SSSR count). The van der Waals surface area contributed by atoms with Crippen LogP contribution in [0.15, 0.2) is 77.6 Å². The van der Waals surface area contributed by atoms with Gasteiger partial charge >= 0.3 is 5.92 Å². The highest BCUT2D eigenvalue weighted by Gasteiger charge is 2.58. The van der Waals surface area contributed by atoms with E-state index in [1.165, 1.54) is 43.5 Å². The van der Waals surface area contributed by atoms with E-state index in [0.29, 0.717) is 11.6 Å². The van der Waals surface area contributed by atoms with E-state index < -0.39 is 40.2 Å². The molecule has 2 aromatic carbocycles. The van der Waals surface area contributed by atoms with Crippen LogP contribution in [0.2, 0.25) is 0 Å². The summed E-state index contributed by atoms with van der Waals surface area (Å²) in [6.07, 6.45) is 3.35. The van der Waals surface area contributed by atoms with E-state index in [-0.39, 0.29) is 11.1 Å². The molecule has 1 heterocycles. The molecule has 0 saturated heterocycles. The summed E-state index contributed by atoms with van der Waals surface area (Å²) < 4.78 is 72.4. The third-order valence-corrected chi connectivity index (χ3v) is 5.04. The van der Waals surface area contributed by atoms with E-state index >= 15 is 8.78 Å². The van der Waals surface area contributed by atoms with Gasteiger partial charge in [-0.3, -0.25) is 9.98 Å². The molecule has 1 N–H and O–H groups in total. The predicted molar refractivity (Wildman–Crippen MR) is 119 cm³/mol. The third-order valence-electron chi connectivity index (χ3n) is 5.04. The van der Waals surface area contributed by atoms with Gasteiger partial charge in [0.15, 0.2) is 5.60 Å². The van der Waals surface area contributed by atoms with Crippen LogP contribution >= 0.6 is 0 Å². The molecule has 0 aliphatic heterocycles. The molecule has 0 bridgehead atoms. The zero-order valence-electron chi connectivity index (χ0n) is 18.2. The van der Waals surface area contributed by atoms with Crippen LogP contribution in [0.3, 0.4) is 0 Å². The number of aliphatic imine (C=N–C) groups is 1. The molecule has 1 unspecified atom stereocenters. The van der Waals surface area contributed by atoms with Gasteiger partial charge in [0.2, 0.25) is 0 Å². The van der Waals surface area contributed by atoms with Crippen molar-refractivity contribution < 1.29 is 27.1 Å². The maximum absolute atomic E-state index is 15.7. The molecule has 34 heavy (non-hydrogen) atoms. The topological polar surface area (TPSA) is 45.5 Å². The summed E-state index contributed by atoms with van der Waals surface area (Å²) in [6, 6.07) is 9.56. The van der Waals surface area contributed by atoms with Crippen molar-refractivity contribution >= 4 is 6.21 Å². The van der Waals surface area contributed by atoms with Crippen LogP contribution in [0, 0.1) is 29.3 Å². The molecule has 0 amide bonds. The average Bonchev–Trinajstić information content (AvgIpc) is 2.81. The number of halogens is 5. The Bertz CT molecular complexity index is 1290. The molecular formula is C26H19F5N2O. The second-order valence-corrected chi connectivity index (χ2v) is 7.32. The van der Waals surface area contributed by atoms with Crippen LogP contribution in [-0.2, 0) is 11.5 Å². The monoisotopic (exact) mass is 470 g/mol. The fourth-order valence-electron chi connectivity index (χ4n) is 3.21. The molecule has 0 radical (unpaired) electrons. The summed E-state index contributed by atoms with van der Waals surface area (Å²) in [4.78, 5) is 7.49. The lowest BCUT2D eigenvalue weighted by Gasteiger charge is -2.36. The first kappa shape index (κ1) is 24.8. The van der Waals surface area contributed by atoms with Gasteiger partial charge in [-0.1, -0.05) is 11.8 Å². The van der Waals surface area contributed by atoms with E-state index in [2.05, 4.69) is 21.8 Å². The zero-order chi connectivity index (χ0) is 24.9. The molecule has 0 saturated carbocycles. The van der Waals surface area contributed by atoms with Crippen molar-refractivity contribution in [3.05, 3.63) is 112 Å². The largest absolute Gasteiger partial charge is 0.374 e. The Morgan fingerprint density at radius 1 is 0.941 bits per heavy atom. The van der Waals surface area contributed by atoms with Crippen LogP contribution in [0.5, 0.6) is 0 Å². The van der Waals surface area contributed by atoms with Gasteiger partial charge in [0.25, 0.3) is 0 Å². The Morgan fingerprint density at radius 3 is 2.15 bits per heavy atom. The summed E-state index contributed by atoms with van der Waals surface area (Å²) in [5.41, 5.74) is -4.51. The van der Waals surface area contributed by atoms with E-state index in [9.17, 15) is 18.3 Å². The van der Waals surface area contributed by atoms with Crippen LogP contribution < -0.4 is 0 Å². The molecule has 1 aromatic heterocycles. The number of aromatic nitrogens is 1. The van der Waals surface area contributed by atoms with Crippen molar-refractivity contribution in [1.82, 2.24) is 4.98 Å².